The van der Waals surface area contributed by atoms with Crippen LogP contribution in [-0.4, -0.2) is 10.1 Å². The van der Waals surface area contributed by atoms with E-state index in [0.29, 0.717) is 10.4 Å². The summed E-state index contributed by atoms with van der Waals surface area (Å²) in [7, 11) is 0. The molecular formula is C6H4BrN3O2. The Morgan fingerprint density at radius 1 is 1.42 bits per heavy atom. The lowest BCUT2D eigenvalue weighted by molar-refractivity contribution is 0.415. The van der Waals surface area contributed by atoms with Gasteiger partial charge >= 0.3 is 0 Å². The van der Waals surface area contributed by atoms with Crippen molar-refractivity contribution < 1.29 is 8.94 Å². The normalized spacial score (nSPS) is 10.4. The summed E-state index contributed by atoms with van der Waals surface area (Å²) in [5.74, 6) is 0.863. The standard InChI is InChI=1S/C6H4BrN3O2/c7-4-2-1-3(11-4)5-9-6(8)10-12-5/h1-2H,(H2,8,10). The quantitative estimate of drug-likeness (QED) is 0.805. The number of nitrogens with zero attached hydrogens (tertiary/aromatic N) is 2. The zero-order valence-electron chi connectivity index (χ0n) is 5.82. The fraction of sp³-hybridized carbons (Fsp3) is 0. The minimum Gasteiger partial charge on any atom is -0.444 e. The average Bonchev–Trinajstić information content (AvgIpc) is 2.58. The van der Waals surface area contributed by atoms with Gasteiger partial charge in [-0.15, -0.1) is 0 Å². The molecule has 0 spiro atoms. The summed E-state index contributed by atoms with van der Waals surface area (Å²) in [5, 5.41) is 3.42. The van der Waals surface area contributed by atoms with Crippen LogP contribution in [0.1, 0.15) is 0 Å². The smallest absolute Gasteiger partial charge is 0.295 e. The molecule has 0 fully saturated rings. The van der Waals surface area contributed by atoms with Gasteiger partial charge < -0.3 is 14.7 Å². The molecule has 2 N–H and O–H groups in total. The van der Waals surface area contributed by atoms with Gasteiger partial charge in [-0.05, 0) is 33.2 Å². The first-order valence-electron chi connectivity index (χ1n) is 3.10. The van der Waals surface area contributed by atoms with Crippen LogP contribution in [0.2, 0.25) is 0 Å². The average molecular weight is 230 g/mol. The van der Waals surface area contributed by atoms with Gasteiger partial charge in [0.05, 0.1) is 0 Å². The summed E-state index contributed by atoms with van der Waals surface area (Å²) < 4.78 is 10.5. The van der Waals surface area contributed by atoms with E-state index in [0.717, 1.165) is 0 Å². The van der Waals surface area contributed by atoms with Gasteiger partial charge in [0, 0.05) is 0 Å². The highest BCUT2D eigenvalue weighted by Gasteiger charge is 2.09. The summed E-state index contributed by atoms with van der Waals surface area (Å²) in [6.07, 6.45) is 0. The molecule has 0 amide bonds. The molecule has 0 bridgehead atoms. The van der Waals surface area contributed by atoms with Crippen molar-refractivity contribution in [2.24, 2.45) is 0 Å². The number of nitrogens with two attached hydrogens (primary N) is 1. The molecule has 5 nitrogen and oxygen atoms in total. The molecule has 2 rings (SSSR count). The zero-order valence-corrected chi connectivity index (χ0v) is 7.41. The molecule has 0 saturated heterocycles. The summed E-state index contributed by atoms with van der Waals surface area (Å²) in [6.45, 7) is 0. The number of nitrogen functional groups attached to an aromatic ring is 1. The Morgan fingerprint density at radius 3 is 2.75 bits per heavy atom. The van der Waals surface area contributed by atoms with Crippen molar-refractivity contribution in [3.8, 4) is 11.7 Å². The van der Waals surface area contributed by atoms with Crippen molar-refractivity contribution in [2.75, 3.05) is 5.73 Å². The first kappa shape index (κ1) is 7.35. The maximum atomic E-state index is 5.25. The first-order chi connectivity index (χ1) is 5.75. The van der Waals surface area contributed by atoms with Crippen molar-refractivity contribution in [1.82, 2.24) is 10.1 Å². The largest absolute Gasteiger partial charge is 0.444 e. The predicted molar refractivity (Wildman–Crippen MR) is 44.1 cm³/mol. The van der Waals surface area contributed by atoms with Crippen LogP contribution in [0.4, 0.5) is 5.95 Å². The molecule has 12 heavy (non-hydrogen) atoms. The molecule has 0 radical (unpaired) electrons. The Kier molecular flexibility index (Phi) is 1.61. The minimum atomic E-state index is 0.0949. The molecule has 62 valence electrons. The SMILES string of the molecule is Nc1noc(-c2ccc(Br)o2)n1. The van der Waals surface area contributed by atoms with E-state index in [1.165, 1.54) is 0 Å². The van der Waals surface area contributed by atoms with Crippen LogP contribution < -0.4 is 5.73 Å². The lowest BCUT2D eigenvalue weighted by Gasteiger charge is -1.82. The predicted octanol–water partition coefficient (Wildman–Crippen LogP) is 1.67. The van der Waals surface area contributed by atoms with Crippen LogP contribution in [-0.2, 0) is 0 Å². The zero-order chi connectivity index (χ0) is 8.55. The Bertz CT molecular complexity index is 357. The van der Waals surface area contributed by atoms with Gasteiger partial charge in [-0.2, -0.15) is 4.98 Å². The van der Waals surface area contributed by atoms with Crippen LogP contribution in [0, 0.1) is 0 Å². The number of hydrogen-bond acceptors (Lipinski definition) is 5. The van der Waals surface area contributed by atoms with E-state index in [9.17, 15) is 0 Å². The van der Waals surface area contributed by atoms with Crippen LogP contribution in [0.15, 0.2) is 25.7 Å². The summed E-state index contributed by atoms with van der Waals surface area (Å²) >= 11 is 3.15. The van der Waals surface area contributed by atoms with Gasteiger partial charge in [-0.3, -0.25) is 0 Å². The third-order valence-corrected chi connectivity index (χ3v) is 1.65. The molecule has 0 aromatic carbocycles. The van der Waals surface area contributed by atoms with E-state index in [4.69, 9.17) is 14.7 Å². The van der Waals surface area contributed by atoms with Crippen molar-refractivity contribution in [1.29, 1.82) is 0 Å². The van der Waals surface area contributed by atoms with E-state index in [1.807, 2.05) is 0 Å². The number of furan rings is 1. The first-order valence-corrected chi connectivity index (χ1v) is 3.90. The summed E-state index contributed by atoms with van der Waals surface area (Å²) in [5.41, 5.74) is 5.25. The van der Waals surface area contributed by atoms with E-state index < -0.39 is 0 Å². The third kappa shape index (κ3) is 1.20. The molecule has 0 aliphatic carbocycles. The Balaban J connectivity index is 2.43. The van der Waals surface area contributed by atoms with Crippen LogP contribution in [0.3, 0.4) is 0 Å². The van der Waals surface area contributed by atoms with Crippen LogP contribution in [0.5, 0.6) is 0 Å². The summed E-state index contributed by atoms with van der Waals surface area (Å²) in [4.78, 5) is 3.78. The van der Waals surface area contributed by atoms with Gasteiger partial charge in [0.25, 0.3) is 11.8 Å². The number of halogens is 1. The minimum absolute atomic E-state index is 0.0949. The molecule has 2 heterocycles. The Labute approximate surface area is 75.7 Å². The number of anilines is 1. The van der Waals surface area contributed by atoms with Gasteiger partial charge in [-0.1, -0.05) is 0 Å². The van der Waals surface area contributed by atoms with E-state index in [-0.39, 0.29) is 11.8 Å². The molecule has 0 atom stereocenters. The molecule has 0 aliphatic heterocycles. The molecular weight excluding hydrogens is 226 g/mol. The van der Waals surface area contributed by atoms with Crippen LogP contribution in [0.25, 0.3) is 11.7 Å². The maximum absolute atomic E-state index is 5.25. The third-order valence-electron chi connectivity index (χ3n) is 1.23. The maximum Gasteiger partial charge on any atom is 0.295 e. The van der Waals surface area contributed by atoms with E-state index >= 15 is 0 Å². The van der Waals surface area contributed by atoms with Gasteiger partial charge in [0.1, 0.15) is 0 Å². The van der Waals surface area contributed by atoms with E-state index in [2.05, 4.69) is 26.1 Å². The van der Waals surface area contributed by atoms with Crippen molar-refractivity contribution in [3.05, 3.63) is 16.8 Å². The fourth-order valence-corrected chi connectivity index (χ4v) is 1.07. The van der Waals surface area contributed by atoms with Gasteiger partial charge in [-0.25, -0.2) is 0 Å². The Morgan fingerprint density at radius 2 is 2.25 bits per heavy atom. The summed E-state index contributed by atoms with van der Waals surface area (Å²) in [6, 6.07) is 3.44. The fourth-order valence-electron chi connectivity index (χ4n) is 0.764. The Hall–Kier alpha value is -1.30. The molecule has 2 aromatic heterocycles. The molecule has 2 aromatic rings. The molecule has 6 heteroatoms. The van der Waals surface area contributed by atoms with E-state index in [1.54, 1.807) is 12.1 Å². The number of hydrogen-bond donors (Lipinski definition) is 1. The second-order valence-corrected chi connectivity index (χ2v) is 2.84. The van der Waals surface area contributed by atoms with Gasteiger partial charge in [0.2, 0.25) is 0 Å². The molecule has 0 aliphatic rings. The second-order valence-electron chi connectivity index (χ2n) is 2.06. The highest BCUT2D eigenvalue weighted by atomic mass is 79.9. The second kappa shape index (κ2) is 2.63. The van der Waals surface area contributed by atoms with Crippen molar-refractivity contribution >= 4 is 21.9 Å². The van der Waals surface area contributed by atoms with Gasteiger partial charge in [0.15, 0.2) is 10.4 Å². The lowest BCUT2D eigenvalue weighted by atomic mass is 10.4. The molecule has 0 saturated carbocycles. The highest BCUT2D eigenvalue weighted by molar-refractivity contribution is 9.10. The molecule has 0 unspecified atom stereocenters. The van der Waals surface area contributed by atoms with Crippen LogP contribution >= 0.6 is 15.9 Å². The number of aromatic nitrogens is 2. The topological polar surface area (TPSA) is 78.1 Å². The van der Waals surface area contributed by atoms with Crippen molar-refractivity contribution in [2.45, 2.75) is 0 Å². The highest BCUT2D eigenvalue weighted by Crippen LogP contribution is 2.23. The van der Waals surface area contributed by atoms with Crippen molar-refractivity contribution in [3.63, 3.8) is 0 Å². The monoisotopic (exact) mass is 229 g/mol. The number of rotatable bonds is 1. The lowest BCUT2D eigenvalue weighted by Crippen LogP contribution is -1.84.